The molecule has 0 saturated carbocycles. The van der Waals surface area contributed by atoms with E-state index in [-0.39, 0.29) is 19.6 Å². The topological polar surface area (TPSA) is 178 Å². The van der Waals surface area contributed by atoms with Crippen molar-refractivity contribution in [2.24, 2.45) is 0 Å². The first-order valence-corrected chi connectivity index (χ1v) is 28.0. The molecule has 13 heteroatoms. The van der Waals surface area contributed by atoms with Crippen LogP contribution in [0.2, 0.25) is 0 Å². The van der Waals surface area contributed by atoms with Crippen LogP contribution >= 0.6 is 0 Å². The number of carbonyl (C=O) groups is 1. The average Bonchev–Trinajstić information content (AvgIpc) is 3.28. The number of ether oxygens (including phenoxy) is 4. The lowest BCUT2D eigenvalue weighted by atomic mass is 9.99. The van der Waals surface area contributed by atoms with Gasteiger partial charge in [0.05, 0.1) is 19.8 Å². The molecule has 0 radical (unpaired) electrons. The minimum Gasteiger partial charge on any atom is -0.457 e. The molecule has 1 heterocycles. The highest BCUT2D eigenvalue weighted by molar-refractivity contribution is 7.80. The third-order valence-electron chi connectivity index (χ3n) is 12.3. The van der Waals surface area contributed by atoms with Crippen LogP contribution in [0.25, 0.3) is 0 Å². The monoisotopic (exact) mass is 947 g/mol. The summed E-state index contributed by atoms with van der Waals surface area (Å²) in [5, 5.41) is 30.7. The normalized spacial score (nSPS) is 19.8. The minimum absolute atomic E-state index is 0.0360. The van der Waals surface area contributed by atoms with Crippen molar-refractivity contribution in [2.45, 2.75) is 275 Å². The first-order valence-electron chi connectivity index (χ1n) is 26.6. The van der Waals surface area contributed by atoms with E-state index in [0.29, 0.717) is 13.0 Å². The van der Waals surface area contributed by atoms with Crippen molar-refractivity contribution < 1.29 is 56.2 Å². The number of aliphatic hydroxyl groups excluding tert-OH is 3. The quantitative estimate of drug-likeness (QED) is 0.0197. The summed E-state index contributed by atoms with van der Waals surface area (Å²) < 4.78 is 59.2. The Hall–Kier alpha value is -1.42. The zero-order valence-corrected chi connectivity index (χ0v) is 42.1. The van der Waals surface area contributed by atoms with E-state index in [1.54, 1.807) is 0 Å². The van der Waals surface area contributed by atoms with E-state index in [2.05, 4.69) is 42.3 Å². The zero-order valence-electron chi connectivity index (χ0n) is 41.3. The number of unbranched alkanes of at least 4 members (excludes halogenated alkanes) is 30. The first-order chi connectivity index (χ1) is 31.6. The molecule has 6 atom stereocenters. The van der Waals surface area contributed by atoms with Gasteiger partial charge in [0.1, 0.15) is 30.5 Å². The summed E-state index contributed by atoms with van der Waals surface area (Å²) in [6, 6.07) is 0. The van der Waals surface area contributed by atoms with Crippen LogP contribution in [-0.2, 0) is 38.3 Å². The first kappa shape index (κ1) is 61.6. The lowest BCUT2D eigenvalue weighted by molar-refractivity contribution is -0.301. The highest BCUT2D eigenvalue weighted by atomic mass is 32.3. The van der Waals surface area contributed by atoms with E-state index in [0.717, 1.165) is 57.8 Å². The molecule has 0 spiro atoms. The van der Waals surface area contributed by atoms with E-state index < -0.39 is 59.8 Å². The second-order valence-electron chi connectivity index (χ2n) is 18.5. The smallest absolute Gasteiger partial charge is 0.397 e. The Kier molecular flexibility index (Phi) is 41.5. The van der Waals surface area contributed by atoms with Crippen molar-refractivity contribution in [3.8, 4) is 0 Å². The summed E-state index contributed by atoms with van der Waals surface area (Å²) in [4.78, 5) is 12.9. The van der Waals surface area contributed by atoms with E-state index in [4.69, 9.17) is 18.9 Å². The standard InChI is InChI=1S/C52H98O12S/c1-3-5-7-9-11-13-15-17-18-19-20-21-22-23-24-25-26-27-28-29-30-32-34-36-38-40-42-60-44-46(62-48(54)41-39-37-35-33-31-16-14-12-10-8-6-4-2)45-61-52-50(56)51(64-65(57,58)59)49(55)47(43-53)63-52/h12,14,19-20,46-47,49-53,55-56H,3-11,13,15-18,21-45H2,1-2H3,(H,57,58,59)/b14-12-,20-19-. The Labute approximate surface area is 397 Å². The molecule has 6 unspecified atom stereocenters. The molecule has 1 rings (SSSR count). The van der Waals surface area contributed by atoms with Crippen molar-refractivity contribution in [1.82, 2.24) is 0 Å². The van der Waals surface area contributed by atoms with Gasteiger partial charge in [-0.2, -0.15) is 8.42 Å². The second-order valence-corrected chi connectivity index (χ2v) is 19.5. The highest BCUT2D eigenvalue weighted by Crippen LogP contribution is 2.26. The van der Waals surface area contributed by atoms with Crippen LogP contribution in [-0.4, -0.2) is 97.5 Å². The SMILES string of the molecule is CCCCC/C=C\CCCCCCCC(=O)OC(COCCCCCCCCCCCCCCCC/C=C\CCCCCCCCCC)COC1OC(CO)C(O)C(OS(=O)(=O)O)C1O. The van der Waals surface area contributed by atoms with Gasteiger partial charge >= 0.3 is 16.4 Å². The summed E-state index contributed by atoms with van der Waals surface area (Å²) >= 11 is 0. The lowest BCUT2D eigenvalue weighted by Crippen LogP contribution is -2.60. The van der Waals surface area contributed by atoms with E-state index in [1.165, 1.54) is 154 Å². The van der Waals surface area contributed by atoms with Gasteiger partial charge < -0.3 is 34.3 Å². The molecule has 12 nitrogen and oxygen atoms in total. The Balaban J connectivity index is 2.26. The fourth-order valence-electron chi connectivity index (χ4n) is 8.25. The zero-order chi connectivity index (χ0) is 47.5. The van der Waals surface area contributed by atoms with Gasteiger partial charge in [0.2, 0.25) is 0 Å². The Morgan fingerprint density at radius 1 is 0.569 bits per heavy atom. The largest absolute Gasteiger partial charge is 0.457 e. The van der Waals surface area contributed by atoms with Crippen LogP contribution < -0.4 is 0 Å². The van der Waals surface area contributed by atoms with Crippen LogP contribution in [0.5, 0.6) is 0 Å². The van der Waals surface area contributed by atoms with Gasteiger partial charge in [0.25, 0.3) is 0 Å². The van der Waals surface area contributed by atoms with Crippen LogP contribution in [0.3, 0.4) is 0 Å². The van der Waals surface area contributed by atoms with Crippen molar-refractivity contribution >= 4 is 16.4 Å². The number of hydrogen-bond acceptors (Lipinski definition) is 11. The molecule has 65 heavy (non-hydrogen) atoms. The predicted octanol–water partition coefficient (Wildman–Crippen LogP) is 12.4. The molecular formula is C52H98O12S. The molecule has 0 amide bonds. The van der Waals surface area contributed by atoms with E-state index >= 15 is 0 Å². The van der Waals surface area contributed by atoms with Crippen molar-refractivity contribution in [3.63, 3.8) is 0 Å². The fraction of sp³-hybridized carbons (Fsp3) is 0.904. The molecule has 1 saturated heterocycles. The average molecular weight is 947 g/mol. The van der Waals surface area contributed by atoms with Gasteiger partial charge in [-0.25, -0.2) is 4.18 Å². The number of rotatable bonds is 47. The molecule has 0 bridgehead atoms. The summed E-state index contributed by atoms with van der Waals surface area (Å²) in [7, 11) is -5.06. The predicted molar refractivity (Wildman–Crippen MR) is 262 cm³/mol. The molecule has 1 fully saturated rings. The van der Waals surface area contributed by atoms with Crippen LogP contribution in [0.4, 0.5) is 0 Å². The van der Waals surface area contributed by atoms with Gasteiger partial charge in [-0.15, -0.1) is 0 Å². The van der Waals surface area contributed by atoms with Gasteiger partial charge in [-0.05, 0) is 64.2 Å². The molecule has 0 aromatic heterocycles. The summed E-state index contributed by atoms with van der Waals surface area (Å²) in [5.41, 5.74) is 0. The summed E-state index contributed by atoms with van der Waals surface area (Å²) in [5.74, 6) is -0.406. The maximum atomic E-state index is 12.9. The van der Waals surface area contributed by atoms with E-state index in [1.807, 2.05) is 0 Å². The van der Waals surface area contributed by atoms with Gasteiger partial charge in [-0.1, -0.05) is 192 Å². The van der Waals surface area contributed by atoms with Crippen molar-refractivity contribution in [3.05, 3.63) is 24.3 Å². The minimum atomic E-state index is -5.06. The van der Waals surface area contributed by atoms with E-state index in [9.17, 15) is 33.1 Å². The van der Waals surface area contributed by atoms with Crippen molar-refractivity contribution in [1.29, 1.82) is 0 Å². The molecule has 1 aliphatic heterocycles. The van der Waals surface area contributed by atoms with Crippen LogP contribution in [0.1, 0.15) is 239 Å². The molecular weight excluding hydrogens is 849 g/mol. The summed E-state index contributed by atoms with van der Waals surface area (Å²) in [6.07, 6.45) is 42.3. The Morgan fingerprint density at radius 3 is 1.42 bits per heavy atom. The Morgan fingerprint density at radius 2 is 0.969 bits per heavy atom. The molecule has 4 N–H and O–H groups in total. The number of allylic oxidation sites excluding steroid dienone is 4. The molecule has 0 aromatic carbocycles. The maximum Gasteiger partial charge on any atom is 0.397 e. The van der Waals surface area contributed by atoms with Crippen LogP contribution in [0.15, 0.2) is 24.3 Å². The summed E-state index contributed by atoms with van der Waals surface area (Å²) in [6.45, 7) is 3.98. The molecule has 0 aliphatic carbocycles. The maximum absolute atomic E-state index is 12.9. The molecule has 0 aromatic rings. The van der Waals surface area contributed by atoms with Crippen LogP contribution in [0, 0.1) is 0 Å². The van der Waals surface area contributed by atoms with Gasteiger partial charge in [0.15, 0.2) is 6.29 Å². The Bertz CT molecular complexity index is 1230. The van der Waals surface area contributed by atoms with Gasteiger partial charge in [-0.3, -0.25) is 9.35 Å². The number of esters is 1. The molecule has 1 aliphatic rings. The van der Waals surface area contributed by atoms with Gasteiger partial charge in [0, 0.05) is 13.0 Å². The number of hydrogen-bond donors (Lipinski definition) is 4. The lowest BCUT2D eigenvalue weighted by Gasteiger charge is -2.41. The molecule has 384 valence electrons. The van der Waals surface area contributed by atoms with Crippen molar-refractivity contribution in [2.75, 3.05) is 26.4 Å². The highest BCUT2D eigenvalue weighted by Gasteiger charge is 2.48. The third kappa shape index (κ3) is 37.2. The second kappa shape index (κ2) is 43.8. The number of carbonyl (C=O) groups excluding carboxylic acids is 1. The fourth-order valence-corrected chi connectivity index (χ4v) is 8.76. The number of aliphatic hydroxyl groups is 3. The third-order valence-corrected chi connectivity index (χ3v) is 12.8.